The van der Waals surface area contributed by atoms with Gasteiger partial charge in [-0.15, -0.1) is 0 Å². The van der Waals surface area contributed by atoms with E-state index in [4.69, 9.17) is 0 Å². The summed E-state index contributed by atoms with van der Waals surface area (Å²) in [5.41, 5.74) is -0.0855. The van der Waals surface area contributed by atoms with Crippen molar-refractivity contribution in [3.63, 3.8) is 0 Å². The van der Waals surface area contributed by atoms with E-state index in [-0.39, 0.29) is 17.8 Å². The molecule has 24 heavy (non-hydrogen) atoms. The van der Waals surface area contributed by atoms with Gasteiger partial charge in [0.15, 0.2) is 0 Å². The normalized spacial score (nSPS) is 18.0. The Morgan fingerprint density at radius 3 is 2.25 bits per heavy atom. The molecule has 0 aromatic carbocycles. The monoisotopic (exact) mass is 336 g/mol. The molecule has 132 valence electrons. The van der Waals surface area contributed by atoms with Crippen LogP contribution >= 0.6 is 0 Å². The molecular weight excluding hydrogens is 312 g/mol. The molecule has 0 unspecified atom stereocenters. The zero-order chi connectivity index (χ0) is 17.6. The smallest absolute Gasteiger partial charge is 0.407 e. The Morgan fingerprint density at radius 2 is 1.71 bits per heavy atom. The lowest BCUT2D eigenvalue weighted by molar-refractivity contribution is 0.137. The first-order valence-corrected chi connectivity index (χ1v) is 8.35. The molecule has 2 aliphatic heterocycles. The van der Waals surface area contributed by atoms with E-state index in [1.54, 1.807) is 9.58 Å². The van der Waals surface area contributed by atoms with Crippen LogP contribution in [0.1, 0.15) is 44.9 Å². The summed E-state index contributed by atoms with van der Waals surface area (Å²) >= 11 is 0. The average molecular weight is 336 g/mol. The number of hydrogen-bond acceptors (Lipinski definition) is 4. The largest absolute Gasteiger partial charge is 0.465 e. The number of carboxylic acid groups (broad SMARTS) is 1. The fourth-order valence-electron chi connectivity index (χ4n) is 3.62. The molecule has 3 heterocycles. The number of nitrogens with zero attached hydrogens (tertiary/aromatic N) is 4. The number of carbonyl (C=O) groups is 1. The first-order chi connectivity index (χ1) is 11.2. The molecule has 1 amide bonds. The summed E-state index contributed by atoms with van der Waals surface area (Å²) in [4.78, 5) is 38.6. The number of amides is 1. The van der Waals surface area contributed by atoms with E-state index in [9.17, 15) is 19.5 Å². The minimum Gasteiger partial charge on any atom is -0.465 e. The lowest BCUT2D eigenvalue weighted by Crippen LogP contribution is -2.57. The second kappa shape index (κ2) is 5.68. The molecule has 1 saturated heterocycles. The molecule has 1 N–H and O–H groups in total. The van der Waals surface area contributed by atoms with Crippen molar-refractivity contribution in [2.24, 2.45) is 0 Å². The fourth-order valence-corrected chi connectivity index (χ4v) is 3.62. The van der Waals surface area contributed by atoms with Crippen molar-refractivity contribution in [2.45, 2.75) is 52.1 Å². The summed E-state index contributed by atoms with van der Waals surface area (Å²) in [6, 6.07) is 0. The number of hydrogen-bond donors (Lipinski definition) is 1. The quantitative estimate of drug-likeness (QED) is 0.808. The van der Waals surface area contributed by atoms with Gasteiger partial charge < -0.3 is 15.0 Å². The van der Waals surface area contributed by atoms with Gasteiger partial charge in [-0.05, 0) is 33.6 Å². The first-order valence-electron chi connectivity index (χ1n) is 8.35. The molecule has 1 aromatic rings. The Morgan fingerprint density at radius 1 is 1.08 bits per heavy atom. The highest BCUT2D eigenvalue weighted by atomic mass is 16.4. The Balaban J connectivity index is 2.26. The number of rotatable bonds is 1. The lowest BCUT2D eigenvalue weighted by atomic mass is 10.0. The SMILES string of the molecule is CC(C)(C)n1c2c(c(=O)n(N3CCCC3)c1=O)CN(C(=O)O)CC2. The molecule has 0 bridgehead atoms. The predicted octanol–water partition coefficient (Wildman–Crippen LogP) is 0.533. The van der Waals surface area contributed by atoms with Crippen molar-refractivity contribution in [3.8, 4) is 0 Å². The van der Waals surface area contributed by atoms with E-state index >= 15 is 0 Å². The molecule has 0 spiro atoms. The van der Waals surface area contributed by atoms with Gasteiger partial charge in [-0.25, -0.2) is 9.59 Å². The van der Waals surface area contributed by atoms with E-state index in [1.165, 1.54) is 9.58 Å². The summed E-state index contributed by atoms with van der Waals surface area (Å²) in [6.07, 6.45) is 1.23. The molecular formula is C16H24N4O4. The van der Waals surface area contributed by atoms with Gasteiger partial charge in [-0.1, -0.05) is 0 Å². The standard InChI is InChI=1S/C16H24N4O4/c1-16(2,3)19-12-6-9-17(15(23)24)10-11(12)13(21)20(14(19)22)18-7-4-5-8-18/h4-10H2,1-3H3,(H,23,24). The Bertz CT molecular complexity index is 781. The highest BCUT2D eigenvalue weighted by molar-refractivity contribution is 5.65. The Hall–Kier alpha value is -2.25. The van der Waals surface area contributed by atoms with Crippen LogP contribution < -0.4 is 16.3 Å². The van der Waals surface area contributed by atoms with Gasteiger partial charge in [0.1, 0.15) is 0 Å². The van der Waals surface area contributed by atoms with Gasteiger partial charge in [-0.3, -0.25) is 9.36 Å². The first kappa shape index (κ1) is 16.6. The third-order valence-corrected chi connectivity index (χ3v) is 4.72. The van der Waals surface area contributed by atoms with Gasteiger partial charge in [0.05, 0.1) is 12.1 Å². The Labute approximate surface area is 139 Å². The Kier molecular flexibility index (Phi) is 3.93. The van der Waals surface area contributed by atoms with Crippen molar-refractivity contribution in [3.05, 3.63) is 32.1 Å². The fraction of sp³-hybridized carbons (Fsp3) is 0.688. The van der Waals surface area contributed by atoms with Crippen molar-refractivity contribution in [2.75, 3.05) is 24.6 Å². The van der Waals surface area contributed by atoms with Crippen LogP contribution in [0.4, 0.5) is 4.79 Å². The van der Waals surface area contributed by atoms with E-state index in [1.807, 2.05) is 20.8 Å². The number of fused-ring (bicyclic) bond motifs is 1. The van der Waals surface area contributed by atoms with Crippen LogP contribution in [-0.2, 0) is 18.5 Å². The van der Waals surface area contributed by atoms with Crippen LogP contribution in [0, 0.1) is 0 Å². The van der Waals surface area contributed by atoms with Crippen molar-refractivity contribution in [1.82, 2.24) is 14.1 Å². The van der Waals surface area contributed by atoms with E-state index in [2.05, 4.69) is 0 Å². The van der Waals surface area contributed by atoms with Crippen LogP contribution in [0.25, 0.3) is 0 Å². The van der Waals surface area contributed by atoms with Crippen LogP contribution in [-0.4, -0.2) is 45.0 Å². The molecule has 1 fully saturated rings. The van der Waals surface area contributed by atoms with Gasteiger partial charge >= 0.3 is 11.8 Å². The summed E-state index contributed by atoms with van der Waals surface area (Å²) in [5.74, 6) is 0. The maximum absolute atomic E-state index is 13.1. The third kappa shape index (κ3) is 2.59. The zero-order valence-corrected chi connectivity index (χ0v) is 14.4. The summed E-state index contributed by atoms with van der Waals surface area (Å²) < 4.78 is 2.89. The predicted molar refractivity (Wildman–Crippen MR) is 89.3 cm³/mol. The average Bonchev–Trinajstić information content (AvgIpc) is 2.99. The second-order valence-corrected chi connectivity index (χ2v) is 7.45. The molecule has 1 aromatic heterocycles. The van der Waals surface area contributed by atoms with Gasteiger partial charge in [0, 0.05) is 37.3 Å². The molecule has 3 rings (SSSR count). The minimum absolute atomic E-state index is 0.0354. The van der Waals surface area contributed by atoms with Crippen LogP contribution in [0.15, 0.2) is 9.59 Å². The molecule has 8 heteroatoms. The van der Waals surface area contributed by atoms with Crippen LogP contribution in [0.5, 0.6) is 0 Å². The highest BCUT2D eigenvalue weighted by Gasteiger charge is 2.32. The van der Waals surface area contributed by atoms with Gasteiger partial charge in [-0.2, -0.15) is 4.68 Å². The maximum atomic E-state index is 13.1. The van der Waals surface area contributed by atoms with Crippen LogP contribution in [0.3, 0.4) is 0 Å². The summed E-state index contributed by atoms with van der Waals surface area (Å²) in [7, 11) is 0. The highest BCUT2D eigenvalue weighted by Crippen LogP contribution is 2.21. The molecule has 0 radical (unpaired) electrons. The van der Waals surface area contributed by atoms with Crippen molar-refractivity contribution < 1.29 is 9.90 Å². The van der Waals surface area contributed by atoms with Gasteiger partial charge in [0.25, 0.3) is 5.56 Å². The second-order valence-electron chi connectivity index (χ2n) is 7.45. The van der Waals surface area contributed by atoms with Gasteiger partial charge in [0.2, 0.25) is 0 Å². The maximum Gasteiger partial charge on any atom is 0.407 e. The lowest BCUT2D eigenvalue weighted by Gasteiger charge is -2.34. The topological polar surface area (TPSA) is 87.8 Å². The van der Waals surface area contributed by atoms with E-state index in [0.29, 0.717) is 37.3 Å². The third-order valence-electron chi connectivity index (χ3n) is 4.72. The molecule has 0 aliphatic carbocycles. The molecule has 0 saturated carbocycles. The van der Waals surface area contributed by atoms with E-state index in [0.717, 1.165) is 12.8 Å². The summed E-state index contributed by atoms with van der Waals surface area (Å²) in [6.45, 7) is 7.45. The van der Waals surface area contributed by atoms with Crippen molar-refractivity contribution in [1.29, 1.82) is 0 Å². The molecule has 2 aliphatic rings. The van der Waals surface area contributed by atoms with Crippen LogP contribution in [0.2, 0.25) is 0 Å². The molecule has 8 nitrogen and oxygen atoms in total. The molecule has 0 atom stereocenters. The van der Waals surface area contributed by atoms with Crippen molar-refractivity contribution >= 4 is 6.09 Å². The zero-order valence-electron chi connectivity index (χ0n) is 14.4. The minimum atomic E-state index is -1.04. The summed E-state index contributed by atoms with van der Waals surface area (Å²) in [5, 5.41) is 11.0. The van der Waals surface area contributed by atoms with E-state index < -0.39 is 11.6 Å². The number of aromatic nitrogens is 2.